The monoisotopic (exact) mass is 360 g/mol. The minimum absolute atomic E-state index is 0.00523. The van der Waals surface area contributed by atoms with Crippen LogP contribution in [0.5, 0.6) is 0 Å². The first kappa shape index (κ1) is 17.2. The van der Waals surface area contributed by atoms with E-state index in [0.717, 1.165) is 0 Å². The molecule has 134 valence electrons. The number of allylic oxidation sites excluding steroid dienone is 2. The van der Waals surface area contributed by atoms with Crippen LogP contribution in [-0.2, 0) is 9.59 Å². The van der Waals surface area contributed by atoms with Crippen LogP contribution in [0, 0.1) is 17.1 Å². The van der Waals surface area contributed by atoms with E-state index in [4.69, 9.17) is 0 Å². The normalized spacial score (nSPS) is 19.7. The summed E-state index contributed by atoms with van der Waals surface area (Å²) >= 11 is 0. The lowest BCUT2D eigenvalue weighted by atomic mass is 9.77. The van der Waals surface area contributed by atoms with Crippen molar-refractivity contribution in [1.29, 1.82) is 5.26 Å². The predicted molar refractivity (Wildman–Crippen MR) is 98.3 cm³/mol. The number of hydrogen-bond acceptors (Lipinski definition) is 3. The van der Waals surface area contributed by atoms with E-state index in [2.05, 4.69) is 6.07 Å². The Morgan fingerprint density at radius 2 is 1.78 bits per heavy atom. The number of para-hydroxylation sites is 1. The molecule has 0 saturated heterocycles. The summed E-state index contributed by atoms with van der Waals surface area (Å²) < 4.78 is 14.4. The smallest absolute Gasteiger partial charge is 0.232 e. The molecular weight excluding hydrogens is 343 g/mol. The summed E-state index contributed by atoms with van der Waals surface area (Å²) in [5, 5.41) is 9.43. The fourth-order valence-corrected chi connectivity index (χ4v) is 4.06. The van der Waals surface area contributed by atoms with Crippen molar-refractivity contribution in [2.45, 2.75) is 31.6 Å². The first-order valence-electron chi connectivity index (χ1n) is 8.94. The average Bonchev–Trinajstić information content (AvgIpc) is 2.68. The Morgan fingerprint density at radius 1 is 1.04 bits per heavy atom. The van der Waals surface area contributed by atoms with Crippen molar-refractivity contribution in [3.05, 3.63) is 76.7 Å². The van der Waals surface area contributed by atoms with E-state index >= 15 is 0 Å². The average molecular weight is 360 g/mol. The van der Waals surface area contributed by atoms with Crippen LogP contribution in [0.15, 0.2) is 59.8 Å². The standard InChI is InChI=1S/C22H17FN2O2/c23-17-8-3-2-7-15(17)16-12-21(27)25(18-9-4-1-6-14(18)13-24)19-10-5-11-20(26)22(16)19/h1-4,6-9,16H,5,10-12H2. The molecule has 5 heteroatoms. The molecule has 4 nitrogen and oxygen atoms in total. The van der Waals surface area contributed by atoms with Gasteiger partial charge in [0.2, 0.25) is 5.91 Å². The second-order valence-electron chi connectivity index (χ2n) is 6.77. The Labute approximate surface area is 156 Å². The third-order valence-electron chi connectivity index (χ3n) is 5.22. The molecule has 2 aliphatic rings. The van der Waals surface area contributed by atoms with Gasteiger partial charge in [-0.1, -0.05) is 30.3 Å². The number of rotatable bonds is 2. The molecule has 1 heterocycles. The molecule has 0 bridgehead atoms. The highest BCUT2D eigenvalue weighted by molar-refractivity contribution is 6.08. The fraction of sp³-hybridized carbons (Fsp3) is 0.227. The Hall–Kier alpha value is -3.26. The topological polar surface area (TPSA) is 61.2 Å². The third-order valence-corrected chi connectivity index (χ3v) is 5.22. The van der Waals surface area contributed by atoms with Crippen LogP contribution in [-0.4, -0.2) is 11.7 Å². The van der Waals surface area contributed by atoms with E-state index in [1.807, 2.05) is 0 Å². The number of halogens is 1. The first-order chi connectivity index (χ1) is 13.1. The minimum Gasteiger partial charge on any atom is -0.294 e. The van der Waals surface area contributed by atoms with Crippen LogP contribution < -0.4 is 4.90 Å². The molecule has 4 rings (SSSR count). The summed E-state index contributed by atoms with van der Waals surface area (Å²) in [7, 11) is 0. The van der Waals surface area contributed by atoms with Crippen molar-refractivity contribution in [1.82, 2.24) is 0 Å². The zero-order chi connectivity index (χ0) is 19.0. The van der Waals surface area contributed by atoms with Crippen LogP contribution in [0.4, 0.5) is 10.1 Å². The molecule has 0 aromatic heterocycles. The van der Waals surface area contributed by atoms with E-state index in [9.17, 15) is 19.2 Å². The maximum absolute atomic E-state index is 14.4. The number of amides is 1. The van der Waals surface area contributed by atoms with Crippen molar-refractivity contribution in [2.75, 3.05) is 4.90 Å². The number of carbonyl (C=O) groups excluding carboxylic acids is 2. The van der Waals surface area contributed by atoms with Gasteiger partial charge in [-0.25, -0.2) is 4.39 Å². The number of carbonyl (C=O) groups is 2. The van der Waals surface area contributed by atoms with Gasteiger partial charge < -0.3 is 0 Å². The third kappa shape index (κ3) is 2.83. The zero-order valence-corrected chi connectivity index (χ0v) is 14.6. The van der Waals surface area contributed by atoms with E-state index in [0.29, 0.717) is 47.3 Å². The highest BCUT2D eigenvalue weighted by Crippen LogP contribution is 2.44. The Bertz CT molecular complexity index is 1020. The molecule has 0 saturated carbocycles. The summed E-state index contributed by atoms with van der Waals surface area (Å²) in [4.78, 5) is 27.3. The molecular formula is C22H17FN2O2. The lowest BCUT2D eigenvalue weighted by Crippen LogP contribution is -2.41. The summed E-state index contributed by atoms with van der Waals surface area (Å²) in [6.07, 6.45) is 1.59. The quantitative estimate of drug-likeness (QED) is 0.805. The Balaban J connectivity index is 1.92. The number of nitrogens with zero attached hydrogens (tertiary/aromatic N) is 2. The van der Waals surface area contributed by atoms with Crippen LogP contribution >= 0.6 is 0 Å². The van der Waals surface area contributed by atoms with E-state index in [1.165, 1.54) is 11.0 Å². The molecule has 2 aromatic carbocycles. The molecule has 1 aliphatic heterocycles. The fourth-order valence-electron chi connectivity index (χ4n) is 4.06. The number of Topliss-reactive ketones (excluding diaryl/α,β-unsaturated/α-hetero) is 1. The van der Waals surface area contributed by atoms with Crippen LogP contribution in [0.2, 0.25) is 0 Å². The van der Waals surface area contributed by atoms with E-state index < -0.39 is 11.7 Å². The number of anilines is 1. The number of benzene rings is 2. The molecule has 0 radical (unpaired) electrons. The van der Waals surface area contributed by atoms with Gasteiger partial charge in [0.25, 0.3) is 0 Å². The van der Waals surface area contributed by atoms with Gasteiger partial charge in [-0.3, -0.25) is 14.5 Å². The maximum Gasteiger partial charge on any atom is 0.232 e. The molecule has 27 heavy (non-hydrogen) atoms. The van der Waals surface area contributed by atoms with E-state index in [1.54, 1.807) is 42.5 Å². The van der Waals surface area contributed by atoms with E-state index in [-0.39, 0.29) is 18.1 Å². The van der Waals surface area contributed by atoms with Crippen molar-refractivity contribution in [3.8, 4) is 6.07 Å². The minimum atomic E-state index is -0.577. The second kappa shape index (κ2) is 6.81. The number of ketones is 1. The molecule has 0 fully saturated rings. The summed E-state index contributed by atoms with van der Waals surface area (Å²) in [6.45, 7) is 0. The van der Waals surface area contributed by atoms with Crippen molar-refractivity contribution < 1.29 is 14.0 Å². The summed E-state index contributed by atoms with van der Waals surface area (Å²) in [6, 6.07) is 15.3. The predicted octanol–water partition coefficient (Wildman–Crippen LogP) is 4.22. The van der Waals surface area contributed by atoms with Crippen LogP contribution in [0.3, 0.4) is 0 Å². The molecule has 1 atom stereocenters. The van der Waals surface area contributed by atoms with Gasteiger partial charge in [0.15, 0.2) is 5.78 Å². The van der Waals surface area contributed by atoms with Crippen molar-refractivity contribution in [3.63, 3.8) is 0 Å². The second-order valence-corrected chi connectivity index (χ2v) is 6.77. The molecule has 1 amide bonds. The van der Waals surface area contributed by atoms with Crippen LogP contribution in [0.1, 0.15) is 42.7 Å². The van der Waals surface area contributed by atoms with Gasteiger partial charge in [0.05, 0.1) is 11.3 Å². The highest BCUT2D eigenvalue weighted by atomic mass is 19.1. The largest absolute Gasteiger partial charge is 0.294 e. The van der Waals surface area contributed by atoms with Gasteiger partial charge in [-0.05, 0) is 36.6 Å². The lowest BCUT2D eigenvalue weighted by Gasteiger charge is -2.38. The van der Waals surface area contributed by atoms with Crippen LogP contribution in [0.25, 0.3) is 0 Å². The van der Waals surface area contributed by atoms with Gasteiger partial charge in [-0.2, -0.15) is 5.26 Å². The maximum atomic E-state index is 14.4. The number of nitriles is 1. The van der Waals surface area contributed by atoms with Gasteiger partial charge in [-0.15, -0.1) is 0 Å². The summed E-state index contributed by atoms with van der Waals surface area (Å²) in [5.74, 6) is -1.26. The zero-order valence-electron chi connectivity index (χ0n) is 14.6. The Morgan fingerprint density at radius 3 is 2.56 bits per heavy atom. The first-order valence-corrected chi connectivity index (χ1v) is 8.94. The molecule has 0 spiro atoms. The van der Waals surface area contributed by atoms with Crippen molar-refractivity contribution >= 4 is 17.4 Å². The van der Waals surface area contributed by atoms with Crippen molar-refractivity contribution in [2.24, 2.45) is 0 Å². The van der Waals surface area contributed by atoms with Gasteiger partial charge in [0, 0.05) is 30.0 Å². The SMILES string of the molecule is N#Cc1ccccc1N1C(=O)CC(c2ccccc2F)C2=C1CCCC2=O. The highest BCUT2D eigenvalue weighted by Gasteiger charge is 2.40. The Kier molecular flexibility index (Phi) is 4.33. The van der Waals surface area contributed by atoms with Gasteiger partial charge >= 0.3 is 0 Å². The molecule has 1 unspecified atom stereocenters. The number of hydrogen-bond donors (Lipinski definition) is 0. The summed E-state index contributed by atoms with van der Waals surface area (Å²) in [5.41, 5.74) is 2.36. The molecule has 0 N–H and O–H groups in total. The van der Waals surface area contributed by atoms with Gasteiger partial charge in [0.1, 0.15) is 11.9 Å². The lowest BCUT2D eigenvalue weighted by molar-refractivity contribution is -0.119. The molecule has 2 aromatic rings. The molecule has 1 aliphatic carbocycles.